The fourth-order valence-corrected chi connectivity index (χ4v) is 4.04. The fraction of sp³-hybridized carbons (Fsp3) is 0.833. The van der Waals surface area contributed by atoms with E-state index in [0.29, 0.717) is 0 Å². The van der Waals surface area contributed by atoms with Crippen molar-refractivity contribution in [1.82, 2.24) is 0 Å². The molecule has 0 amide bonds. The average Bonchev–Trinajstić information content (AvgIpc) is 2.37. The first-order valence-electron chi connectivity index (χ1n) is 6.23. The summed E-state index contributed by atoms with van der Waals surface area (Å²) in [4.78, 5) is 21.8. The number of rotatable bonds is 10. The molecule has 21 heavy (non-hydrogen) atoms. The van der Waals surface area contributed by atoms with E-state index in [1.54, 1.807) is 0 Å². The Hall–Kier alpha value is -0.480. The number of thiol groups is 2. The van der Waals surface area contributed by atoms with Gasteiger partial charge in [0.1, 0.15) is 0 Å². The van der Waals surface area contributed by atoms with Crippen molar-refractivity contribution in [2.24, 2.45) is 10.8 Å². The normalized spacial score (nSPS) is 17.8. The molecule has 0 aromatic rings. The average molecular weight is 342 g/mol. The molecule has 0 aliphatic rings. The maximum Gasteiger partial charge on any atom is 0.304 e. The molecule has 0 rings (SSSR count). The smallest absolute Gasteiger partial charge is 0.304 e. The van der Waals surface area contributed by atoms with Crippen molar-refractivity contribution >= 4 is 37.2 Å². The summed E-state index contributed by atoms with van der Waals surface area (Å²) >= 11 is 8.38. The molecule has 0 saturated heterocycles. The molecule has 0 saturated carbocycles. The largest absolute Gasteiger partial charge is 0.481 e. The van der Waals surface area contributed by atoms with E-state index >= 15 is 0 Å². The molecular formula is C12H22O7S2. The Labute approximate surface area is 133 Å². The number of hydrogen-bond donors (Lipinski definition) is 7. The summed E-state index contributed by atoms with van der Waals surface area (Å²) in [7, 11) is 0. The first kappa shape index (κ1) is 20.5. The summed E-state index contributed by atoms with van der Waals surface area (Å²) in [6.07, 6.45) is -0.952. The highest BCUT2D eigenvalue weighted by Crippen LogP contribution is 2.50. The second-order valence-corrected chi connectivity index (χ2v) is 6.55. The topological polar surface area (TPSA) is 135 Å². The standard InChI is InChI=1S/C12H22O7S2/c1-11(4-13,5-14)12(6-15,7(20)2-9(16)17)8(21)3-10(18)19/h7-8,13-15,20-21H,2-6H2,1H3,(H,16,17)(H,18,19). The lowest BCUT2D eigenvalue weighted by Crippen LogP contribution is -2.59. The second kappa shape index (κ2) is 8.23. The summed E-state index contributed by atoms with van der Waals surface area (Å²) in [6.45, 7) is -0.415. The number of aliphatic hydroxyl groups excluding tert-OH is 3. The maximum absolute atomic E-state index is 10.9. The Morgan fingerprint density at radius 2 is 1.24 bits per heavy atom. The van der Waals surface area contributed by atoms with Crippen LogP contribution in [0.1, 0.15) is 19.8 Å². The van der Waals surface area contributed by atoms with Gasteiger partial charge in [-0.2, -0.15) is 25.3 Å². The Morgan fingerprint density at radius 3 is 1.43 bits per heavy atom. The van der Waals surface area contributed by atoms with E-state index in [9.17, 15) is 24.9 Å². The monoisotopic (exact) mass is 342 g/mol. The van der Waals surface area contributed by atoms with Crippen molar-refractivity contribution < 1.29 is 35.1 Å². The van der Waals surface area contributed by atoms with Crippen molar-refractivity contribution in [3.63, 3.8) is 0 Å². The van der Waals surface area contributed by atoms with Crippen LogP contribution in [0.3, 0.4) is 0 Å². The van der Waals surface area contributed by atoms with Gasteiger partial charge in [-0.15, -0.1) is 0 Å². The van der Waals surface area contributed by atoms with Crippen molar-refractivity contribution in [3.8, 4) is 0 Å². The van der Waals surface area contributed by atoms with Gasteiger partial charge < -0.3 is 25.5 Å². The first-order valence-corrected chi connectivity index (χ1v) is 7.26. The number of carboxylic acids is 2. The molecule has 2 atom stereocenters. The molecule has 2 unspecified atom stereocenters. The van der Waals surface area contributed by atoms with E-state index in [0.717, 1.165) is 0 Å². The fourth-order valence-electron chi connectivity index (χ4n) is 2.47. The lowest BCUT2D eigenvalue weighted by molar-refractivity contribution is -0.141. The molecule has 7 nitrogen and oxygen atoms in total. The van der Waals surface area contributed by atoms with Crippen molar-refractivity contribution in [2.45, 2.75) is 30.3 Å². The zero-order valence-electron chi connectivity index (χ0n) is 11.6. The Morgan fingerprint density at radius 1 is 0.905 bits per heavy atom. The van der Waals surface area contributed by atoms with Gasteiger partial charge in [0.25, 0.3) is 0 Å². The molecule has 0 radical (unpaired) electrons. The molecule has 0 heterocycles. The van der Waals surface area contributed by atoms with Crippen LogP contribution in [0.2, 0.25) is 0 Å². The minimum atomic E-state index is -1.50. The summed E-state index contributed by atoms with van der Waals surface area (Å²) in [6, 6.07) is 0. The first-order chi connectivity index (χ1) is 9.61. The molecule has 0 aromatic carbocycles. The SMILES string of the molecule is CC(CO)(CO)C(CO)(C(S)CC(=O)O)C(S)CC(=O)O. The number of carboxylic acid groups (broad SMARTS) is 2. The van der Waals surface area contributed by atoms with Gasteiger partial charge in [0.2, 0.25) is 0 Å². The van der Waals surface area contributed by atoms with Crippen LogP contribution in [-0.4, -0.2) is 67.8 Å². The Bertz CT molecular complexity index is 349. The van der Waals surface area contributed by atoms with Crippen LogP contribution in [-0.2, 0) is 9.59 Å². The van der Waals surface area contributed by atoms with Crippen LogP contribution >= 0.6 is 25.3 Å². The quantitative estimate of drug-likeness (QED) is 0.266. The number of aliphatic hydroxyl groups is 3. The lowest BCUT2D eigenvalue weighted by Gasteiger charge is -2.52. The number of aliphatic carboxylic acids is 2. The van der Waals surface area contributed by atoms with E-state index in [-0.39, 0.29) is 0 Å². The third-order valence-electron chi connectivity index (χ3n) is 4.01. The van der Waals surface area contributed by atoms with Gasteiger partial charge in [0.15, 0.2) is 0 Å². The predicted octanol–water partition coefficient (Wildman–Crippen LogP) is -0.498. The highest BCUT2D eigenvalue weighted by molar-refractivity contribution is 7.82. The molecule has 0 aliphatic heterocycles. The Balaban J connectivity index is 5.90. The third kappa shape index (κ3) is 4.26. The van der Waals surface area contributed by atoms with Gasteiger partial charge in [-0.3, -0.25) is 9.59 Å². The number of carbonyl (C=O) groups is 2. The molecule has 0 fully saturated rings. The van der Waals surface area contributed by atoms with E-state index in [4.69, 9.17) is 10.2 Å². The minimum absolute atomic E-state index is 0.476. The summed E-state index contributed by atoms with van der Waals surface area (Å²) < 4.78 is 0. The molecule has 5 N–H and O–H groups in total. The number of hydrogen-bond acceptors (Lipinski definition) is 7. The summed E-state index contributed by atoms with van der Waals surface area (Å²) in [5.74, 6) is -2.39. The molecule has 124 valence electrons. The third-order valence-corrected chi connectivity index (χ3v) is 5.30. The lowest BCUT2D eigenvalue weighted by atomic mass is 9.60. The van der Waals surface area contributed by atoms with Crippen LogP contribution in [0.4, 0.5) is 0 Å². The van der Waals surface area contributed by atoms with Crippen LogP contribution < -0.4 is 0 Å². The van der Waals surface area contributed by atoms with Crippen LogP contribution in [0.5, 0.6) is 0 Å². The molecule has 0 bridgehead atoms. The van der Waals surface area contributed by atoms with Crippen molar-refractivity contribution in [3.05, 3.63) is 0 Å². The van der Waals surface area contributed by atoms with Gasteiger partial charge in [0.05, 0.1) is 32.7 Å². The Kier molecular flexibility index (Phi) is 8.04. The van der Waals surface area contributed by atoms with E-state index in [1.807, 2.05) is 0 Å². The second-order valence-electron chi connectivity index (χ2n) is 5.30. The van der Waals surface area contributed by atoms with Gasteiger partial charge in [-0.1, -0.05) is 6.92 Å². The van der Waals surface area contributed by atoms with Crippen LogP contribution in [0.15, 0.2) is 0 Å². The summed E-state index contributed by atoms with van der Waals surface area (Å²) in [5.41, 5.74) is -2.86. The zero-order chi connectivity index (χ0) is 16.8. The molecule has 0 aromatic heterocycles. The van der Waals surface area contributed by atoms with Gasteiger partial charge in [0, 0.05) is 21.3 Å². The predicted molar refractivity (Wildman–Crippen MR) is 81.9 cm³/mol. The highest BCUT2D eigenvalue weighted by atomic mass is 32.1. The van der Waals surface area contributed by atoms with Gasteiger partial charge in [-0.05, 0) is 0 Å². The van der Waals surface area contributed by atoms with Gasteiger partial charge in [-0.25, -0.2) is 0 Å². The molecule has 9 heteroatoms. The van der Waals surface area contributed by atoms with E-state index in [1.165, 1.54) is 6.92 Å². The molecule has 0 aliphatic carbocycles. The van der Waals surface area contributed by atoms with E-state index in [2.05, 4.69) is 25.3 Å². The summed E-state index contributed by atoms with van der Waals surface area (Å²) in [5, 5.41) is 44.8. The zero-order valence-corrected chi connectivity index (χ0v) is 13.4. The molecular weight excluding hydrogens is 320 g/mol. The van der Waals surface area contributed by atoms with Gasteiger partial charge >= 0.3 is 11.9 Å². The van der Waals surface area contributed by atoms with Crippen LogP contribution in [0, 0.1) is 10.8 Å². The van der Waals surface area contributed by atoms with E-state index < -0.39 is 65.9 Å². The van der Waals surface area contributed by atoms with Crippen LogP contribution in [0.25, 0.3) is 0 Å². The highest BCUT2D eigenvalue weighted by Gasteiger charge is 2.55. The minimum Gasteiger partial charge on any atom is -0.481 e. The maximum atomic E-state index is 10.9. The molecule has 0 spiro atoms. The van der Waals surface area contributed by atoms with Crippen molar-refractivity contribution in [2.75, 3.05) is 19.8 Å². The van der Waals surface area contributed by atoms with Crippen molar-refractivity contribution in [1.29, 1.82) is 0 Å².